The summed E-state index contributed by atoms with van der Waals surface area (Å²) in [6, 6.07) is 7.19. The summed E-state index contributed by atoms with van der Waals surface area (Å²) in [5.41, 5.74) is 2.85. The number of ether oxygens (including phenoxy) is 1. The van der Waals surface area contributed by atoms with Crippen LogP contribution in [0.2, 0.25) is 0 Å². The van der Waals surface area contributed by atoms with Crippen LogP contribution in [0.15, 0.2) is 54.2 Å². The highest BCUT2D eigenvalue weighted by molar-refractivity contribution is 7.12. The van der Waals surface area contributed by atoms with Crippen LogP contribution in [0.3, 0.4) is 0 Å². The van der Waals surface area contributed by atoms with Crippen molar-refractivity contribution in [2.75, 3.05) is 12.4 Å². The normalized spacial score (nSPS) is 12.2. The molecule has 0 atom stereocenters. The van der Waals surface area contributed by atoms with Gasteiger partial charge in [0.1, 0.15) is 11.4 Å². The van der Waals surface area contributed by atoms with Crippen LogP contribution in [0.1, 0.15) is 15.2 Å². The lowest BCUT2D eigenvalue weighted by atomic mass is 10.0. The zero-order valence-electron chi connectivity index (χ0n) is 15.5. The molecular formula is C20H17N3O5S. The van der Waals surface area contributed by atoms with Crippen LogP contribution in [0.5, 0.6) is 0 Å². The Hall–Kier alpha value is -3.72. The molecule has 148 valence electrons. The zero-order chi connectivity index (χ0) is 21.1. The van der Waals surface area contributed by atoms with Crippen molar-refractivity contribution in [3.63, 3.8) is 0 Å². The van der Waals surface area contributed by atoms with Crippen molar-refractivity contribution < 1.29 is 23.9 Å². The lowest BCUT2D eigenvalue weighted by molar-refractivity contribution is -0.137. The third-order valence-electron chi connectivity index (χ3n) is 4.36. The van der Waals surface area contributed by atoms with Crippen molar-refractivity contribution in [2.45, 2.75) is 6.54 Å². The topological polar surface area (TPSA) is 105 Å². The second-order valence-electron chi connectivity index (χ2n) is 6.06. The molecule has 0 saturated carbocycles. The molecule has 2 aromatic rings. The number of carbonyl (C=O) groups is 4. The summed E-state index contributed by atoms with van der Waals surface area (Å²) in [5.74, 6) is -1.83. The van der Waals surface area contributed by atoms with Gasteiger partial charge < -0.3 is 15.4 Å². The second-order valence-corrected chi connectivity index (χ2v) is 6.94. The number of nitrogens with zero attached hydrogens (tertiary/aromatic N) is 1. The average Bonchev–Trinajstić information content (AvgIpc) is 3.27. The standard InChI is InChI=1S/C20H17N3O5S/c1-11(20(27)28-3)22-18(25)12(2)23-8-15-16(9-29-17(15)19(23)26)13-4-6-14(7-5-13)21-10-24/h4-7,9-10H,1-2,8H2,3H3,(H,21,24)(H,22,25). The Morgan fingerprint density at radius 2 is 1.93 bits per heavy atom. The van der Waals surface area contributed by atoms with E-state index in [0.29, 0.717) is 17.0 Å². The molecule has 9 heteroatoms. The highest BCUT2D eigenvalue weighted by atomic mass is 32.1. The summed E-state index contributed by atoms with van der Waals surface area (Å²) in [5, 5.41) is 6.72. The Bertz CT molecular complexity index is 1040. The van der Waals surface area contributed by atoms with Crippen molar-refractivity contribution in [2.24, 2.45) is 0 Å². The van der Waals surface area contributed by atoms with E-state index < -0.39 is 11.9 Å². The maximum absolute atomic E-state index is 12.7. The van der Waals surface area contributed by atoms with Gasteiger partial charge in [0.05, 0.1) is 18.5 Å². The molecule has 0 spiro atoms. The van der Waals surface area contributed by atoms with Crippen molar-refractivity contribution in [1.29, 1.82) is 0 Å². The Kier molecular flexibility index (Phi) is 5.60. The van der Waals surface area contributed by atoms with Crippen molar-refractivity contribution in [3.8, 4) is 11.1 Å². The van der Waals surface area contributed by atoms with Crippen LogP contribution in [0, 0.1) is 0 Å². The van der Waals surface area contributed by atoms with Crippen LogP contribution in [0.25, 0.3) is 11.1 Å². The monoisotopic (exact) mass is 411 g/mol. The number of nitrogens with one attached hydrogen (secondary N) is 2. The highest BCUT2D eigenvalue weighted by Crippen LogP contribution is 2.39. The fourth-order valence-electron chi connectivity index (χ4n) is 2.85. The summed E-state index contributed by atoms with van der Waals surface area (Å²) in [6.07, 6.45) is 0.597. The van der Waals surface area contributed by atoms with E-state index in [4.69, 9.17) is 0 Å². The molecule has 0 radical (unpaired) electrons. The molecule has 2 N–H and O–H groups in total. The van der Waals surface area contributed by atoms with E-state index in [9.17, 15) is 19.2 Å². The van der Waals surface area contributed by atoms with Gasteiger partial charge in [0.25, 0.3) is 11.8 Å². The number of carbonyl (C=O) groups excluding carboxylic acids is 4. The first-order valence-electron chi connectivity index (χ1n) is 8.37. The number of methoxy groups -OCH3 is 1. The molecule has 3 amide bonds. The molecule has 0 aliphatic carbocycles. The molecule has 2 heterocycles. The van der Waals surface area contributed by atoms with Gasteiger partial charge in [-0.1, -0.05) is 25.3 Å². The van der Waals surface area contributed by atoms with Crippen LogP contribution >= 0.6 is 11.3 Å². The molecule has 0 saturated heterocycles. The van der Waals surface area contributed by atoms with Gasteiger partial charge >= 0.3 is 5.97 Å². The maximum atomic E-state index is 12.7. The number of benzene rings is 1. The Balaban J connectivity index is 1.78. The van der Waals surface area contributed by atoms with Crippen molar-refractivity contribution >= 4 is 41.2 Å². The van der Waals surface area contributed by atoms with E-state index in [1.807, 2.05) is 17.5 Å². The largest absolute Gasteiger partial charge is 0.464 e. The van der Waals surface area contributed by atoms with Gasteiger partial charge in [0.2, 0.25) is 6.41 Å². The number of anilines is 1. The zero-order valence-corrected chi connectivity index (χ0v) is 16.3. The van der Waals surface area contributed by atoms with E-state index in [1.54, 1.807) is 12.1 Å². The van der Waals surface area contributed by atoms with E-state index in [2.05, 4.69) is 28.5 Å². The first-order chi connectivity index (χ1) is 13.9. The molecule has 1 aromatic carbocycles. The minimum atomic E-state index is -0.784. The molecule has 29 heavy (non-hydrogen) atoms. The van der Waals surface area contributed by atoms with Gasteiger partial charge in [-0.15, -0.1) is 11.3 Å². The molecule has 0 unspecified atom stereocenters. The highest BCUT2D eigenvalue weighted by Gasteiger charge is 2.35. The summed E-state index contributed by atoms with van der Waals surface area (Å²) >= 11 is 1.28. The quantitative estimate of drug-likeness (QED) is 0.413. The van der Waals surface area contributed by atoms with Gasteiger partial charge in [-0.25, -0.2) is 4.79 Å². The Labute approximate surface area is 170 Å². The van der Waals surface area contributed by atoms with E-state index in [-0.39, 0.29) is 23.8 Å². The van der Waals surface area contributed by atoms with E-state index >= 15 is 0 Å². The van der Waals surface area contributed by atoms with Gasteiger partial charge in [0.15, 0.2) is 0 Å². The van der Waals surface area contributed by atoms with Crippen molar-refractivity contribution in [3.05, 3.63) is 64.6 Å². The summed E-state index contributed by atoms with van der Waals surface area (Å²) in [7, 11) is 1.17. The summed E-state index contributed by atoms with van der Waals surface area (Å²) in [4.78, 5) is 48.8. The van der Waals surface area contributed by atoms with E-state index in [1.165, 1.54) is 23.3 Å². The number of thiophene rings is 1. The number of hydrogen-bond donors (Lipinski definition) is 2. The fraction of sp³-hybridized carbons (Fsp3) is 0.100. The van der Waals surface area contributed by atoms with Crippen molar-refractivity contribution in [1.82, 2.24) is 10.2 Å². The number of esters is 1. The number of hydrogen-bond acceptors (Lipinski definition) is 6. The lowest BCUT2D eigenvalue weighted by Gasteiger charge is -2.18. The third kappa shape index (κ3) is 3.81. The SMILES string of the molecule is C=C(NC(=O)C(=C)N1Cc2c(-c3ccc(NC=O)cc3)csc2C1=O)C(=O)OC. The van der Waals surface area contributed by atoms with Gasteiger partial charge in [-0.2, -0.15) is 0 Å². The fourth-order valence-corrected chi connectivity index (χ4v) is 3.89. The summed E-state index contributed by atoms with van der Waals surface area (Å²) < 4.78 is 4.48. The lowest BCUT2D eigenvalue weighted by Crippen LogP contribution is -2.36. The number of fused-ring (bicyclic) bond motifs is 1. The molecule has 8 nitrogen and oxygen atoms in total. The molecule has 1 aliphatic rings. The molecule has 0 fully saturated rings. The Morgan fingerprint density at radius 1 is 1.24 bits per heavy atom. The minimum absolute atomic E-state index is 0.0973. The second kappa shape index (κ2) is 8.11. The van der Waals surface area contributed by atoms with Crippen LogP contribution in [-0.2, 0) is 25.7 Å². The molecule has 1 aromatic heterocycles. The number of amides is 3. The van der Waals surface area contributed by atoms with Gasteiger partial charge in [-0.05, 0) is 28.6 Å². The Morgan fingerprint density at radius 3 is 2.55 bits per heavy atom. The first kappa shape index (κ1) is 20.0. The average molecular weight is 411 g/mol. The minimum Gasteiger partial charge on any atom is -0.464 e. The van der Waals surface area contributed by atoms with Crippen LogP contribution in [-0.4, -0.2) is 36.2 Å². The summed E-state index contributed by atoms with van der Waals surface area (Å²) in [6.45, 7) is 7.29. The first-order valence-corrected chi connectivity index (χ1v) is 9.25. The predicted molar refractivity (Wildman–Crippen MR) is 108 cm³/mol. The van der Waals surface area contributed by atoms with Gasteiger partial charge in [0, 0.05) is 11.3 Å². The van der Waals surface area contributed by atoms with E-state index in [0.717, 1.165) is 16.7 Å². The number of rotatable bonds is 7. The molecule has 1 aliphatic heterocycles. The maximum Gasteiger partial charge on any atom is 0.353 e. The molecule has 3 rings (SSSR count). The van der Waals surface area contributed by atoms with Crippen LogP contribution < -0.4 is 10.6 Å². The molecular weight excluding hydrogens is 394 g/mol. The third-order valence-corrected chi connectivity index (χ3v) is 5.37. The van der Waals surface area contributed by atoms with Gasteiger partial charge in [-0.3, -0.25) is 19.3 Å². The molecule has 0 bridgehead atoms. The van der Waals surface area contributed by atoms with Crippen LogP contribution in [0.4, 0.5) is 5.69 Å². The predicted octanol–water partition coefficient (Wildman–Crippen LogP) is 2.26. The smallest absolute Gasteiger partial charge is 0.353 e.